The maximum absolute atomic E-state index is 10.1. The second-order valence-corrected chi connectivity index (χ2v) is 5.10. The van der Waals surface area contributed by atoms with Crippen molar-refractivity contribution in [1.29, 1.82) is 0 Å². The van der Waals surface area contributed by atoms with Gasteiger partial charge in [-0.25, -0.2) is 4.68 Å². The van der Waals surface area contributed by atoms with Gasteiger partial charge in [0, 0.05) is 17.8 Å². The van der Waals surface area contributed by atoms with Crippen molar-refractivity contribution < 1.29 is 9.84 Å². The Labute approximate surface area is 139 Å². The predicted molar refractivity (Wildman–Crippen MR) is 90.3 cm³/mol. The summed E-state index contributed by atoms with van der Waals surface area (Å²) in [6, 6.07) is 12.6. The zero-order valence-electron chi connectivity index (χ0n) is 13.2. The van der Waals surface area contributed by atoms with E-state index in [1.807, 2.05) is 37.3 Å². The van der Waals surface area contributed by atoms with Crippen molar-refractivity contribution in [1.82, 2.24) is 20.2 Å². The van der Waals surface area contributed by atoms with E-state index in [4.69, 9.17) is 4.74 Å². The van der Waals surface area contributed by atoms with Crippen LogP contribution in [0.15, 0.2) is 53.8 Å². The molecular formula is C17H17N5O2. The fraction of sp³-hybridized carbons (Fsp3) is 0.176. The summed E-state index contributed by atoms with van der Waals surface area (Å²) in [5.41, 5.74) is 2.16. The molecule has 7 heteroatoms. The number of rotatable bonds is 6. The van der Waals surface area contributed by atoms with Gasteiger partial charge in [-0.2, -0.15) is 0 Å². The first-order valence-corrected chi connectivity index (χ1v) is 7.59. The van der Waals surface area contributed by atoms with Crippen LogP contribution >= 0.6 is 0 Å². The number of nitrogens with zero attached hydrogens (tertiary/aromatic N) is 5. The number of phenols is 1. The van der Waals surface area contributed by atoms with Crippen LogP contribution in [0.5, 0.6) is 11.5 Å². The molecule has 3 aromatic rings. The van der Waals surface area contributed by atoms with Gasteiger partial charge in [-0.15, -0.1) is 5.10 Å². The zero-order chi connectivity index (χ0) is 16.8. The molecule has 122 valence electrons. The molecule has 1 aromatic heterocycles. The molecule has 0 aliphatic carbocycles. The van der Waals surface area contributed by atoms with Crippen LogP contribution in [-0.4, -0.2) is 38.1 Å². The fourth-order valence-corrected chi connectivity index (χ4v) is 2.08. The number of benzene rings is 2. The number of hydrogen-bond acceptors (Lipinski definition) is 6. The van der Waals surface area contributed by atoms with E-state index in [1.54, 1.807) is 23.0 Å². The molecule has 0 amide bonds. The third-order valence-electron chi connectivity index (χ3n) is 3.27. The normalized spacial score (nSPS) is 11.0. The van der Waals surface area contributed by atoms with Crippen LogP contribution in [0, 0.1) is 0 Å². The summed E-state index contributed by atoms with van der Waals surface area (Å²) in [6.07, 6.45) is 4.04. The number of ether oxygens (including phenoxy) is 1. The lowest BCUT2D eigenvalue weighted by atomic mass is 10.2. The first-order chi connectivity index (χ1) is 11.8. The summed E-state index contributed by atoms with van der Waals surface area (Å²) in [5, 5.41) is 21.1. The van der Waals surface area contributed by atoms with Crippen LogP contribution in [0.4, 0.5) is 5.69 Å². The van der Waals surface area contributed by atoms with Gasteiger partial charge in [-0.1, -0.05) is 13.0 Å². The summed E-state index contributed by atoms with van der Waals surface area (Å²) in [7, 11) is 0. The summed E-state index contributed by atoms with van der Waals surface area (Å²) in [5.74, 6) is 0.774. The Morgan fingerprint density at radius 2 is 2.17 bits per heavy atom. The van der Waals surface area contributed by atoms with Gasteiger partial charge in [0.05, 0.1) is 18.0 Å². The molecule has 0 saturated carbocycles. The molecule has 0 atom stereocenters. The van der Waals surface area contributed by atoms with Gasteiger partial charge in [0.1, 0.15) is 17.8 Å². The van der Waals surface area contributed by atoms with Crippen molar-refractivity contribution >= 4 is 11.9 Å². The van der Waals surface area contributed by atoms with E-state index in [0.29, 0.717) is 17.9 Å². The quantitative estimate of drug-likeness (QED) is 0.705. The smallest absolute Gasteiger partial charge is 0.143 e. The average molecular weight is 323 g/mol. The topological polar surface area (TPSA) is 85.4 Å². The highest BCUT2D eigenvalue weighted by Gasteiger charge is 2.02. The van der Waals surface area contributed by atoms with Crippen LogP contribution in [0.2, 0.25) is 0 Å². The predicted octanol–water partition coefficient (Wildman–Crippen LogP) is 2.91. The van der Waals surface area contributed by atoms with Gasteiger partial charge in [0.15, 0.2) is 0 Å². The molecule has 7 nitrogen and oxygen atoms in total. The summed E-state index contributed by atoms with van der Waals surface area (Å²) < 4.78 is 7.04. The van der Waals surface area contributed by atoms with E-state index >= 15 is 0 Å². The molecule has 0 radical (unpaired) electrons. The highest BCUT2D eigenvalue weighted by Crippen LogP contribution is 2.23. The number of aliphatic imine (C=N–C) groups is 1. The van der Waals surface area contributed by atoms with Crippen LogP contribution in [-0.2, 0) is 0 Å². The number of hydrogen-bond donors (Lipinski definition) is 1. The Kier molecular flexibility index (Phi) is 4.81. The van der Waals surface area contributed by atoms with Crippen LogP contribution in [0.1, 0.15) is 18.9 Å². The van der Waals surface area contributed by atoms with E-state index < -0.39 is 0 Å². The Morgan fingerprint density at radius 3 is 2.92 bits per heavy atom. The zero-order valence-corrected chi connectivity index (χ0v) is 13.2. The molecule has 3 rings (SSSR count). The average Bonchev–Trinajstić information content (AvgIpc) is 3.14. The molecule has 0 aliphatic heterocycles. The van der Waals surface area contributed by atoms with Gasteiger partial charge in [0.25, 0.3) is 0 Å². The lowest BCUT2D eigenvalue weighted by Gasteiger charge is -2.06. The lowest BCUT2D eigenvalue weighted by molar-refractivity contribution is 0.315. The minimum absolute atomic E-state index is 0.129. The minimum Gasteiger partial charge on any atom is -0.507 e. The van der Waals surface area contributed by atoms with E-state index in [0.717, 1.165) is 17.8 Å². The molecule has 0 bridgehead atoms. The van der Waals surface area contributed by atoms with E-state index in [2.05, 4.69) is 20.5 Å². The maximum Gasteiger partial charge on any atom is 0.143 e. The molecule has 0 unspecified atom stereocenters. The molecule has 2 aromatic carbocycles. The highest BCUT2D eigenvalue weighted by molar-refractivity contribution is 5.85. The largest absolute Gasteiger partial charge is 0.507 e. The lowest BCUT2D eigenvalue weighted by Crippen LogP contribution is -1.95. The number of tetrazole rings is 1. The monoisotopic (exact) mass is 323 g/mol. The summed E-state index contributed by atoms with van der Waals surface area (Å²) >= 11 is 0. The van der Waals surface area contributed by atoms with Gasteiger partial charge >= 0.3 is 0 Å². The number of aromatic hydroxyl groups is 1. The van der Waals surface area contributed by atoms with Crippen LogP contribution in [0.25, 0.3) is 5.69 Å². The molecule has 0 saturated heterocycles. The van der Waals surface area contributed by atoms with E-state index in [9.17, 15) is 5.11 Å². The van der Waals surface area contributed by atoms with Crippen molar-refractivity contribution in [3.05, 3.63) is 54.4 Å². The Balaban J connectivity index is 1.77. The molecule has 24 heavy (non-hydrogen) atoms. The van der Waals surface area contributed by atoms with Crippen LogP contribution < -0.4 is 4.74 Å². The second-order valence-electron chi connectivity index (χ2n) is 5.10. The number of phenolic OH excluding ortho intramolecular Hbond substituents is 1. The summed E-state index contributed by atoms with van der Waals surface area (Å²) in [6.45, 7) is 2.65. The molecule has 1 N–H and O–H groups in total. The molecule has 0 fully saturated rings. The third kappa shape index (κ3) is 3.75. The standard InChI is InChI=1S/C17H17N5O2/c1-2-8-24-16-7-6-13(17(23)10-16)11-18-14-4-3-5-15(9-14)22-12-19-20-21-22/h3-7,9-12,23H,2,8H2,1H3. The first kappa shape index (κ1) is 15.7. The number of aromatic nitrogens is 4. The van der Waals surface area contributed by atoms with Gasteiger partial charge in [-0.05, 0) is 47.2 Å². The highest BCUT2D eigenvalue weighted by atomic mass is 16.5. The van der Waals surface area contributed by atoms with Crippen molar-refractivity contribution in [2.45, 2.75) is 13.3 Å². The van der Waals surface area contributed by atoms with Crippen molar-refractivity contribution in [2.24, 2.45) is 4.99 Å². The Bertz CT molecular complexity index is 831. The second kappa shape index (κ2) is 7.36. The van der Waals surface area contributed by atoms with Gasteiger partial charge < -0.3 is 9.84 Å². The minimum atomic E-state index is 0.129. The molecular weight excluding hydrogens is 306 g/mol. The Hall–Kier alpha value is -3.22. The maximum atomic E-state index is 10.1. The fourth-order valence-electron chi connectivity index (χ4n) is 2.08. The van der Waals surface area contributed by atoms with E-state index in [-0.39, 0.29) is 5.75 Å². The first-order valence-electron chi connectivity index (χ1n) is 7.59. The van der Waals surface area contributed by atoms with Crippen LogP contribution in [0.3, 0.4) is 0 Å². The van der Waals surface area contributed by atoms with Gasteiger partial charge in [-0.3, -0.25) is 4.99 Å². The molecule has 0 aliphatic rings. The molecule has 1 heterocycles. The molecule has 0 spiro atoms. The van der Waals surface area contributed by atoms with Crippen molar-refractivity contribution in [2.75, 3.05) is 6.61 Å². The summed E-state index contributed by atoms with van der Waals surface area (Å²) in [4.78, 5) is 4.39. The van der Waals surface area contributed by atoms with Crippen molar-refractivity contribution in [3.8, 4) is 17.2 Å². The Morgan fingerprint density at radius 1 is 1.25 bits per heavy atom. The SMILES string of the molecule is CCCOc1ccc(C=Nc2cccc(-n3cnnn3)c2)c(O)c1. The third-order valence-corrected chi connectivity index (χ3v) is 3.27. The van der Waals surface area contributed by atoms with E-state index in [1.165, 1.54) is 6.33 Å². The van der Waals surface area contributed by atoms with Crippen molar-refractivity contribution in [3.63, 3.8) is 0 Å². The van der Waals surface area contributed by atoms with Gasteiger partial charge in [0.2, 0.25) is 0 Å².